The molecule has 3 aliphatic rings. The van der Waals surface area contributed by atoms with E-state index in [1.807, 2.05) is 0 Å². The number of hydrogen-bond donors (Lipinski definition) is 2. The maximum atomic E-state index is 12.1. The van der Waals surface area contributed by atoms with Crippen molar-refractivity contribution in [3.63, 3.8) is 0 Å². The molecule has 2 aliphatic carbocycles. The molecule has 20 heavy (non-hydrogen) atoms. The third-order valence-corrected chi connectivity index (χ3v) is 4.83. The lowest BCUT2D eigenvalue weighted by Gasteiger charge is -2.26. The topological polar surface area (TPSA) is 71.8 Å². The summed E-state index contributed by atoms with van der Waals surface area (Å²) in [5.41, 5.74) is 0.447. The molecule has 3 fully saturated rings. The molecule has 6 heteroatoms. The fourth-order valence-electron chi connectivity index (χ4n) is 3.09. The molecule has 4 rings (SSSR count). The zero-order valence-corrected chi connectivity index (χ0v) is 11.6. The average molecular weight is 275 g/mol. The summed E-state index contributed by atoms with van der Waals surface area (Å²) < 4.78 is 1.80. The van der Waals surface area contributed by atoms with E-state index >= 15 is 0 Å². The van der Waals surface area contributed by atoms with Crippen LogP contribution in [0, 0.1) is 17.8 Å². The van der Waals surface area contributed by atoms with E-state index in [1.165, 1.54) is 25.7 Å². The fourth-order valence-corrected chi connectivity index (χ4v) is 3.09. The number of hydrogen-bond acceptors (Lipinski definition) is 4. The van der Waals surface area contributed by atoms with Crippen LogP contribution in [-0.4, -0.2) is 40.5 Å². The van der Waals surface area contributed by atoms with Gasteiger partial charge in [-0.25, -0.2) is 4.68 Å². The van der Waals surface area contributed by atoms with Crippen molar-refractivity contribution >= 4 is 5.91 Å². The number of carbonyl (C=O) groups is 1. The molecule has 0 radical (unpaired) electrons. The first kappa shape index (κ1) is 12.3. The van der Waals surface area contributed by atoms with Gasteiger partial charge in [-0.15, -0.1) is 5.10 Å². The first-order valence-corrected chi connectivity index (χ1v) is 7.72. The fraction of sp³-hybridized carbons (Fsp3) is 0.786. The van der Waals surface area contributed by atoms with Gasteiger partial charge in [-0.3, -0.25) is 4.79 Å². The smallest absolute Gasteiger partial charge is 0.273 e. The summed E-state index contributed by atoms with van der Waals surface area (Å²) in [4.78, 5) is 12.1. The van der Waals surface area contributed by atoms with Crippen molar-refractivity contribution < 1.29 is 4.79 Å². The van der Waals surface area contributed by atoms with Gasteiger partial charge in [0.05, 0.1) is 12.2 Å². The van der Waals surface area contributed by atoms with Gasteiger partial charge >= 0.3 is 0 Å². The molecule has 0 spiro atoms. The summed E-state index contributed by atoms with van der Waals surface area (Å²) in [6.07, 6.45) is 7.16. The van der Waals surface area contributed by atoms with Crippen molar-refractivity contribution in [1.82, 2.24) is 25.6 Å². The Hall–Kier alpha value is -1.43. The van der Waals surface area contributed by atoms with Gasteiger partial charge in [-0.1, -0.05) is 5.21 Å². The summed E-state index contributed by atoms with van der Waals surface area (Å²) in [5.74, 6) is 2.35. The molecule has 1 aromatic rings. The normalized spacial score (nSPS) is 22.9. The molecular weight excluding hydrogens is 254 g/mol. The van der Waals surface area contributed by atoms with Gasteiger partial charge in [0.25, 0.3) is 5.91 Å². The van der Waals surface area contributed by atoms with Crippen LogP contribution in [0.25, 0.3) is 0 Å². The molecule has 108 valence electrons. The van der Waals surface area contributed by atoms with Crippen LogP contribution in [0.4, 0.5) is 0 Å². The van der Waals surface area contributed by atoms with Gasteiger partial charge in [-0.05, 0) is 43.4 Å². The molecule has 6 nitrogen and oxygen atoms in total. The Morgan fingerprint density at radius 1 is 1.35 bits per heavy atom. The van der Waals surface area contributed by atoms with Crippen molar-refractivity contribution in [1.29, 1.82) is 0 Å². The minimum absolute atomic E-state index is 0.0742. The predicted octanol–water partition coefficient (Wildman–Crippen LogP) is 0.588. The van der Waals surface area contributed by atoms with E-state index in [0.29, 0.717) is 17.7 Å². The monoisotopic (exact) mass is 275 g/mol. The molecule has 0 aromatic carbocycles. The van der Waals surface area contributed by atoms with Crippen LogP contribution in [0.15, 0.2) is 6.20 Å². The Morgan fingerprint density at radius 2 is 2.05 bits per heavy atom. The summed E-state index contributed by atoms with van der Waals surface area (Å²) in [7, 11) is 0. The maximum absolute atomic E-state index is 12.1. The van der Waals surface area contributed by atoms with Crippen LogP contribution >= 0.6 is 0 Å². The van der Waals surface area contributed by atoms with E-state index in [2.05, 4.69) is 20.9 Å². The van der Waals surface area contributed by atoms with Gasteiger partial charge in [0.2, 0.25) is 0 Å². The van der Waals surface area contributed by atoms with Gasteiger partial charge in [0.1, 0.15) is 0 Å². The standard InChI is InChI=1S/C14H21N5O/c20-14(13-8-19(18-17-13)11-5-15-6-11)16-7-12(9-1-2-9)10-3-4-10/h8-12,15H,1-7H2,(H,16,20). The number of aromatic nitrogens is 3. The van der Waals surface area contributed by atoms with Crippen LogP contribution in [0.3, 0.4) is 0 Å². The largest absolute Gasteiger partial charge is 0.350 e. The molecule has 2 heterocycles. The molecule has 2 N–H and O–H groups in total. The highest BCUT2D eigenvalue weighted by Crippen LogP contribution is 2.48. The molecular formula is C14H21N5O. The van der Waals surface area contributed by atoms with Crippen molar-refractivity contribution in [2.75, 3.05) is 19.6 Å². The molecule has 1 aromatic heterocycles. The maximum Gasteiger partial charge on any atom is 0.273 e. The van der Waals surface area contributed by atoms with E-state index in [4.69, 9.17) is 0 Å². The van der Waals surface area contributed by atoms with Crippen LogP contribution < -0.4 is 10.6 Å². The summed E-state index contributed by atoms with van der Waals surface area (Å²) in [6, 6.07) is 0.356. The predicted molar refractivity (Wildman–Crippen MR) is 73.2 cm³/mol. The van der Waals surface area contributed by atoms with E-state index in [-0.39, 0.29) is 5.91 Å². The second-order valence-corrected chi connectivity index (χ2v) is 6.44. The molecule has 1 saturated heterocycles. The van der Waals surface area contributed by atoms with Crippen molar-refractivity contribution in [3.05, 3.63) is 11.9 Å². The lowest BCUT2D eigenvalue weighted by Crippen LogP contribution is -2.43. The molecule has 0 atom stereocenters. The Balaban J connectivity index is 1.33. The third-order valence-electron chi connectivity index (χ3n) is 4.83. The van der Waals surface area contributed by atoms with E-state index in [0.717, 1.165) is 31.5 Å². The number of amides is 1. The Bertz CT molecular complexity index is 489. The number of rotatable bonds is 6. The highest BCUT2D eigenvalue weighted by molar-refractivity contribution is 5.91. The summed E-state index contributed by atoms with van der Waals surface area (Å²) in [6.45, 7) is 2.64. The van der Waals surface area contributed by atoms with Gasteiger partial charge in [0.15, 0.2) is 5.69 Å². The first-order chi connectivity index (χ1) is 9.81. The number of nitrogens with zero attached hydrogens (tertiary/aromatic N) is 3. The lowest BCUT2D eigenvalue weighted by molar-refractivity contribution is 0.0938. The quantitative estimate of drug-likeness (QED) is 0.797. The SMILES string of the molecule is O=C(NCC(C1CC1)C1CC1)c1cn(C2CNC2)nn1. The van der Waals surface area contributed by atoms with E-state index < -0.39 is 0 Å². The zero-order valence-electron chi connectivity index (χ0n) is 11.6. The van der Waals surface area contributed by atoms with E-state index in [1.54, 1.807) is 10.9 Å². The lowest BCUT2D eigenvalue weighted by atomic mass is 9.98. The molecule has 1 aliphatic heterocycles. The average Bonchev–Trinajstić information content (AvgIpc) is 3.29. The van der Waals surface area contributed by atoms with Gasteiger partial charge in [0, 0.05) is 19.6 Å². The van der Waals surface area contributed by atoms with E-state index in [9.17, 15) is 4.79 Å². The first-order valence-electron chi connectivity index (χ1n) is 7.72. The van der Waals surface area contributed by atoms with Crippen LogP contribution in [0.2, 0.25) is 0 Å². The summed E-state index contributed by atoms with van der Waals surface area (Å²) >= 11 is 0. The van der Waals surface area contributed by atoms with Crippen molar-refractivity contribution in [2.45, 2.75) is 31.7 Å². The Kier molecular flexibility index (Phi) is 2.98. The Morgan fingerprint density at radius 3 is 2.60 bits per heavy atom. The van der Waals surface area contributed by atoms with Crippen LogP contribution in [0.1, 0.15) is 42.2 Å². The third kappa shape index (κ3) is 2.44. The molecule has 0 bridgehead atoms. The molecule has 1 amide bonds. The second kappa shape index (κ2) is 4.84. The minimum Gasteiger partial charge on any atom is -0.350 e. The van der Waals surface area contributed by atoms with Crippen molar-refractivity contribution in [3.8, 4) is 0 Å². The highest BCUT2D eigenvalue weighted by Gasteiger charge is 2.41. The Labute approximate surface area is 118 Å². The van der Waals surface area contributed by atoms with Gasteiger partial charge < -0.3 is 10.6 Å². The van der Waals surface area contributed by atoms with Gasteiger partial charge in [-0.2, -0.15) is 0 Å². The van der Waals surface area contributed by atoms with Crippen LogP contribution in [0.5, 0.6) is 0 Å². The molecule has 0 unspecified atom stereocenters. The van der Waals surface area contributed by atoms with Crippen LogP contribution in [-0.2, 0) is 0 Å². The zero-order chi connectivity index (χ0) is 13.5. The van der Waals surface area contributed by atoms with Crippen molar-refractivity contribution in [2.24, 2.45) is 17.8 Å². The number of nitrogens with one attached hydrogen (secondary N) is 2. The summed E-state index contributed by atoms with van der Waals surface area (Å²) in [5, 5.41) is 14.3. The molecule has 2 saturated carbocycles. The highest BCUT2D eigenvalue weighted by atomic mass is 16.2. The minimum atomic E-state index is -0.0742. The number of carbonyl (C=O) groups excluding carboxylic acids is 1. The second-order valence-electron chi connectivity index (χ2n) is 6.44.